The molecule has 2 rings (SSSR count). The average Bonchev–Trinajstić information content (AvgIpc) is 2.25. The van der Waals surface area contributed by atoms with Gasteiger partial charge in [-0.05, 0) is 38.5 Å². The smallest absolute Gasteiger partial charge is 0.138 e. The molecule has 2 aliphatic rings. The number of rotatable bonds is 2. The van der Waals surface area contributed by atoms with Crippen molar-refractivity contribution in [2.24, 2.45) is 17.8 Å². The molecule has 18 heavy (non-hydrogen) atoms. The first-order valence-electron chi connectivity index (χ1n) is 7.25. The lowest BCUT2D eigenvalue weighted by Crippen LogP contribution is -2.60. The van der Waals surface area contributed by atoms with Crippen LogP contribution >= 0.6 is 0 Å². The molecule has 104 valence electrons. The van der Waals surface area contributed by atoms with Crippen LogP contribution in [0.5, 0.6) is 0 Å². The van der Waals surface area contributed by atoms with E-state index in [1.165, 1.54) is 0 Å². The summed E-state index contributed by atoms with van der Waals surface area (Å²) in [6.45, 7) is 8.08. The zero-order valence-corrected chi connectivity index (χ0v) is 12.0. The maximum Gasteiger partial charge on any atom is 0.138 e. The molecule has 1 N–H and O–H groups in total. The lowest BCUT2D eigenvalue weighted by Gasteiger charge is -2.52. The van der Waals surface area contributed by atoms with Gasteiger partial charge in [0.2, 0.25) is 0 Å². The minimum atomic E-state index is -0.796. The molecule has 0 heterocycles. The fraction of sp³-hybridized carbons (Fsp3) is 0.933. The molecule has 3 unspecified atom stereocenters. The van der Waals surface area contributed by atoms with Crippen LogP contribution in [0.25, 0.3) is 0 Å². The van der Waals surface area contributed by atoms with Gasteiger partial charge in [0.1, 0.15) is 5.78 Å². The molecule has 0 amide bonds. The van der Waals surface area contributed by atoms with Crippen molar-refractivity contribution in [1.29, 1.82) is 0 Å². The molecule has 0 bridgehead atoms. The van der Waals surface area contributed by atoms with E-state index in [0.29, 0.717) is 12.3 Å². The van der Waals surface area contributed by atoms with Crippen molar-refractivity contribution >= 4 is 5.78 Å². The van der Waals surface area contributed by atoms with Crippen LogP contribution in [0.4, 0.5) is 0 Å². The number of aliphatic hydroxyl groups is 1. The van der Waals surface area contributed by atoms with Crippen LogP contribution in [0.15, 0.2) is 0 Å². The fourth-order valence-corrected chi connectivity index (χ4v) is 3.84. The van der Waals surface area contributed by atoms with Gasteiger partial charge in [-0.15, -0.1) is 0 Å². The summed E-state index contributed by atoms with van der Waals surface area (Å²) in [5, 5.41) is 11.1. The minimum absolute atomic E-state index is 0.0190. The molecule has 0 radical (unpaired) electrons. The molecule has 0 aliphatic heterocycles. The monoisotopic (exact) mass is 254 g/mol. The second-order valence-corrected chi connectivity index (χ2v) is 6.62. The standard InChI is InChI=1S/C15H26O3/c1-9(2)18-14-7-13(16)11(4)12-6-5-10(3)8-15(12,14)17/h9-12,14,17H,5-8H2,1-4H3/t10?,11?,12-,14?,15+/m0/s1. The van der Waals surface area contributed by atoms with E-state index in [1.54, 1.807) is 0 Å². The third kappa shape index (κ3) is 2.35. The summed E-state index contributed by atoms with van der Waals surface area (Å²) < 4.78 is 5.86. The Bertz CT molecular complexity index is 326. The quantitative estimate of drug-likeness (QED) is 0.823. The van der Waals surface area contributed by atoms with E-state index in [1.807, 2.05) is 20.8 Å². The van der Waals surface area contributed by atoms with Gasteiger partial charge in [-0.3, -0.25) is 4.79 Å². The zero-order valence-electron chi connectivity index (χ0n) is 12.0. The summed E-state index contributed by atoms with van der Waals surface area (Å²) in [6.07, 6.45) is 2.94. The normalized spacial score (nSPS) is 45.1. The summed E-state index contributed by atoms with van der Waals surface area (Å²) in [5.41, 5.74) is -0.796. The molecule has 0 spiro atoms. The molecular formula is C15H26O3. The summed E-state index contributed by atoms with van der Waals surface area (Å²) in [7, 11) is 0. The molecule has 3 nitrogen and oxygen atoms in total. The van der Waals surface area contributed by atoms with Crippen LogP contribution in [0.3, 0.4) is 0 Å². The number of ether oxygens (including phenoxy) is 1. The molecule has 0 aromatic rings. The highest BCUT2D eigenvalue weighted by Crippen LogP contribution is 2.48. The number of Topliss-reactive ketones (excluding diaryl/α,β-unsaturated/α-hetero) is 1. The van der Waals surface area contributed by atoms with Crippen molar-refractivity contribution in [1.82, 2.24) is 0 Å². The number of fused-ring (bicyclic) bond motifs is 1. The Balaban J connectivity index is 2.26. The second kappa shape index (κ2) is 4.93. The van der Waals surface area contributed by atoms with Gasteiger partial charge in [-0.1, -0.05) is 20.3 Å². The van der Waals surface area contributed by atoms with Crippen molar-refractivity contribution in [2.75, 3.05) is 0 Å². The summed E-state index contributed by atoms with van der Waals surface area (Å²) in [6, 6.07) is 0. The van der Waals surface area contributed by atoms with Gasteiger partial charge in [0.15, 0.2) is 0 Å². The lowest BCUT2D eigenvalue weighted by atomic mass is 9.59. The molecule has 2 aliphatic carbocycles. The van der Waals surface area contributed by atoms with E-state index in [9.17, 15) is 9.90 Å². The van der Waals surface area contributed by atoms with E-state index in [-0.39, 0.29) is 29.8 Å². The Morgan fingerprint density at radius 3 is 2.61 bits per heavy atom. The largest absolute Gasteiger partial charge is 0.387 e. The Morgan fingerprint density at radius 2 is 2.00 bits per heavy atom. The Morgan fingerprint density at radius 1 is 1.33 bits per heavy atom. The van der Waals surface area contributed by atoms with Crippen LogP contribution in [0, 0.1) is 17.8 Å². The molecule has 0 aromatic carbocycles. The second-order valence-electron chi connectivity index (χ2n) is 6.62. The van der Waals surface area contributed by atoms with Crippen LogP contribution in [0.2, 0.25) is 0 Å². The molecular weight excluding hydrogens is 228 g/mol. The van der Waals surface area contributed by atoms with Gasteiger partial charge in [-0.2, -0.15) is 0 Å². The number of ketones is 1. The first-order valence-corrected chi connectivity index (χ1v) is 7.25. The summed E-state index contributed by atoms with van der Waals surface area (Å²) in [5.74, 6) is 0.836. The van der Waals surface area contributed by atoms with Crippen molar-refractivity contribution in [3.63, 3.8) is 0 Å². The fourth-order valence-electron chi connectivity index (χ4n) is 3.84. The molecule has 2 saturated carbocycles. The van der Waals surface area contributed by atoms with Crippen molar-refractivity contribution in [3.05, 3.63) is 0 Å². The van der Waals surface area contributed by atoms with Gasteiger partial charge < -0.3 is 9.84 Å². The summed E-state index contributed by atoms with van der Waals surface area (Å²) >= 11 is 0. The Labute approximate surface area is 110 Å². The summed E-state index contributed by atoms with van der Waals surface area (Å²) in [4.78, 5) is 12.1. The van der Waals surface area contributed by atoms with E-state index >= 15 is 0 Å². The van der Waals surface area contributed by atoms with Crippen molar-refractivity contribution in [3.8, 4) is 0 Å². The third-order valence-corrected chi connectivity index (χ3v) is 4.78. The number of hydrogen-bond acceptors (Lipinski definition) is 3. The van der Waals surface area contributed by atoms with E-state index in [0.717, 1.165) is 19.3 Å². The molecule has 0 saturated heterocycles. The van der Waals surface area contributed by atoms with Gasteiger partial charge >= 0.3 is 0 Å². The Kier molecular flexibility index (Phi) is 3.84. The van der Waals surface area contributed by atoms with Crippen LogP contribution in [-0.2, 0) is 9.53 Å². The predicted octanol–water partition coefficient (Wildman–Crippen LogP) is 2.56. The number of hydrogen-bond donors (Lipinski definition) is 1. The number of carbonyl (C=O) groups is 1. The van der Waals surface area contributed by atoms with Crippen LogP contribution in [0.1, 0.15) is 53.4 Å². The van der Waals surface area contributed by atoms with E-state index < -0.39 is 5.60 Å². The first-order chi connectivity index (χ1) is 8.34. The van der Waals surface area contributed by atoms with Gasteiger partial charge in [0.25, 0.3) is 0 Å². The van der Waals surface area contributed by atoms with E-state index in [2.05, 4.69) is 6.92 Å². The molecule has 3 heteroatoms. The highest BCUT2D eigenvalue weighted by molar-refractivity contribution is 5.83. The first kappa shape index (κ1) is 14.0. The van der Waals surface area contributed by atoms with Gasteiger partial charge in [0.05, 0.1) is 17.8 Å². The molecule has 5 atom stereocenters. The Hall–Kier alpha value is -0.410. The van der Waals surface area contributed by atoms with E-state index in [4.69, 9.17) is 4.74 Å². The van der Waals surface area contributed by atoms with Gasteiger partial charge in [0, 0.05) is 12.3 Å². The zero-order chi connectivity index (χ0) is 13.5. The average molecular weight is 254 g/mol. The minimum Gasteiger partial charge on any atom is -0.387 e. The predicted molar refractivity (Wildman–Crippen MR) is 70.3 cm³/mol. The maximum atomic E-state index is 12.1. The third-order valence-electron chi connectivity index (χ3n) is 4.78. The molecule has 0 aromatic heterocycles. The van der Waals surface area contributed by atoms with Crippen molar-refractivity contribution < 1.29 is 14.6 Å². The van der Waals surface area contributed by atoms with Crippen molar-refractivity contribution in [2.45, 2.75) is 71.2 Å². The topological polar surface area (TPSA) is 46.5 Å². The van der Waals surface area contributed by atoms with Crippen LogP contribution < -0.4 is 0 Å². The highest BCUT2D eigenvalue weighted by Gasteiger charge is 2.55. The maximum absolute atomic E-state index is 12.1. The highest BCUT2D eigenvalue weighted by atomic mass is 16.5. The molecule has 2 fully saturated rings. The SMILES string of the molecule is CC1CC[C@H]2C(C)C(=O)CC(OC(C)C)[C@@]2(O)C1. The van der Waals surface area contributed by atoms with Gasteiger partial charge in [-0.25, -0.2) is 0 Å². The lowest BCUT2D eigenvalue weighted by molar-refractivity contribution is -0.205. The number of carbonyl (C=O) groups excluding carboxylic acids is 1. The van der Waals surface area contributed by atoms with Crippen LogP contribution in [-0.4, -0.2) is 28.7 Å².